The molecule has 1 aliphatic heterocycles. The fraction of sp³-hybridized carbons (Fsp3) is 0.941. The van der Waals surface area contributed by atoms with Gasteiger partial charge in [0.1, 0.15) is 6.61 Å². The summed E-state index contributed by atoms with van der Waals surface area (Å²) in [6.45, 7) is 9.07. The molecule has 1 saturated heterocycles. The van der Waals surface area contributed by atoms with Crippen molar-refractivity contribution in [1.29, 1.82) is 0 Å². The zero-order valence-electron chi connectivity index (χ0n) is 13.8. The van der Waals surface area contributed by atoms with E-state index in [1.165, 1.54) is 25.7 Å². The first-order chi connectivity index (χ1) is 9.86. The lowest BCUT2D eigenvalue weighted by atomic mass is 9.71. The van der Waals surface area contributed by atoms with Crippen LogP contribution in [0.2, 0.25) is 0 Å². The molecule has 0 atom stereocenters. The molecule has 0 bridgehead atoms. The second-order valence-corrected chi connectivity index (χ2v) is 7.81. The van der Waals surface area contributed by atoms with Crippen molar-refractivity contribution in [3.05, 3.63) is 0 Å². The maximum atomic E-state index is 10.5. The number of ether oxygens (including phenoxy) is 1. The summed E-state index contributed by atoms with van der Waals surface area (Å²) in [4.78, 5) is 13.1. The van der Waals surface area contributed by atoms with Crippen molar-refractivity contribution in [1.82, 2.24) is 4.90 Å². The second kappa shape index (κ2) is 7.10. The Morgan fingerprint density at radius 3 is 2.14 bits per heavy atom. The van der Waals surface area contributed by atoms with E-state index in [9.17, 15) is 4.79 Å². The summed E-state index contributed by atoms with van der Waals surface area (Å²) < 4.78 is 5.42. The molecule has 0 radical (unpaired) electrons. The standard InChI is InChI=1S/C17H31NO3/c1-17(2,3)13-4-6-14(7-5-13)18-10-8-15(9-11-18)21-12-16(19)20/h13-15H,4-12H2,1-3H3,(H,19,20). The highest BCUT2D eigenvalue weighted by atomic mass is 16.5. The van der Waals surface area contributed by atoms with E-state index >= 15 is 0 Å². The molecule has 2 fully saturated rings. The van der Waals surface area contributed by atoms with Crippen LogP contribution in [0.15, 0.2) is 0 Å². The second-order valence-electron chi connectivity index (χ2n) is 7.81. The molecule has 1 saturated carbocycles. The SMILES string of the molecule is CC(C)(C)C1CCC(N2CCC(OCC(=O)O)CC2)CC1. The van der Waals surface area contributed by atoms with Crippen LogP contribution in [-0.2, 0) is 9.53 Å². The molecule has 1 N–H and O–H groups in total. The monoisotopic (exact) mass is 297 g/mol. The fourth-order valence-corrected chi connectivity index (χ4v) is 3.90. The number of piperidine rings is 1. The maximum absolute atomic E-state index is 10.5. The minimum Gasteiger partial charge on any atom is -0.480 e. The van der Waals surface area contributed by atoms with Gasteiger partial charge in [0, 0.05) is 19.1 Å². The highest BCUT2D eigenvalue weighted by Gasteiger charge is 2.33. The molecule has 0 unspecified atom stereocenters. The number of hydrogen-bond acceptors (Lipinski definition) is 3. The summed E-state index contributed by atoms with van der Waals surface area (Å²) in [6.07, 6.45) is 7.44. The third-order valence-corrected chi connectivity index (χ3v) is 5.36. The zero-order chi connectivity index (χ0) is 15.5. The molecule has 4 heteroatoms. The van der Waals surface area contributed by atoms with E-state index in [0.717, 1.165) is 37.9 Å². The first-order valence-corrected chi connectivity index (χ1v) is 8.43. The summed E-state index contributed by atoms with van der Waals surface area (Å²) in [7, 11) is 0. The molecule has 0 aromatic carbocycles. The lowest BCUT2D eigenvalue weighted by Gasteiger charge is -2.43. The minimum atomic E-state index is -0.863. The van der Waals surface area contributed by atoms with Gasteiger partial charge < -0.3 is 14.7 Å². The normalized spacial score (nSPS) is 29.5. The first-order valence-electron chi connectivity index (χ1n) is 8.43. The van der Waals surface area contributed by atoms with Gasteiger partial charge in [0.25, 0.3) is 0 Å². The molecule has 21 heavy (non-hydrogen) atoms. The summed E-state index contributed by atoms with van der Waals surface area (Å²) in [5.74, 6) is 0.00289. The Labute approximate surface area is 128 Å². The number of rotatable bonds is 4. The van der Waals surface area contributed by atoms with Gasteiger partial charge in [-0.2, -0.15) is 0 Å². The number of carboxylic acids is 1. The molecule has 0 aromatic heterocycles. The van der Waals surface area contributed by atoms with Crippen LogP contribution < -0.4 is 0 Å². The zero-order valence-corrected chi connectivity index (χ0v) is 13.8. The smallest absolute Gasteiger partial charge is 0.329 e. The third-order valence-electron chi connectivity index (χ3n) is 5.36. The Morgan fingerprint density at radius 2 is 1.67 bits per heavy atom. The van der Waals surface area contributed by atoms with Crippen LogP contribution in [0, 0.1) is 11.3 Å². The number of hydrogen-bond donors (Lipinski definition) is 1. The van der Waals surface area contributed by atoms with Crippen molar-refractivity contribution in [3.63, 3.8) is 0 Å². The minimum absolute atomic E-state index is 0.142. The van der Waals surface area contributed by atoms with Crippen molar-refractivity contribution in [3.8, 4) is 0 Å². The van der Waals surface area contributed by atoms with Crippen LogP contribution in [0.25, 0.3) is 0 Å². The van der Waals surface area contributed by atoms with E-state index in [4.69, 9.17) is 9.84 Å². The van der Waals surface area contributed by atoms with Crippen molar-refractivity contribution < 1.29 is 14.6 Å². The van der Waals surface area contributed by atoms with Crippen LogP contribution in [0.5, 0.6) is 0 Å². The molecule has 0 spiro atoms. The predicted molar refractivity (Wildman–Crippen MR) is 83.4 cm³/mol. The van der Waals surface area contributed by atoms with E-state index in [-0.39, 0.29) is 12.7 Å². The van der Waals surface area contributed by atoms with Crippen molar-refractivity contribution in [2.75, 3.05) is 19.7 Å². The third kappa shape index (κ3) is 4.96. The van der Waals surface area contributed by atoms with Crippen LogP contribution in [0.4, 0.5) is 0 Å². The lowest BCUT2D eigenvalue weighted by molar-refractivity contribution is -0.145. The quantitative estimate of drug-likeness (QED) is 0.866. The number of likely N-dealkylation sites (tertiary alicyclic amines) is 1. The Morgan fingerprint density at radius 1 is 1.10 bits per heavy atom. The van der Waals surface area contributed by atoms with Crippen molar-refractivity contribution in [2.24, 2.45) is 11.3 Å². The van der Waals surface area contributed by atoms with Crippen molar-refractivity contribution in [2.45, 2.75) is 71.4 Å². The number of carbonyl (C=O) groups is 1. The average molecular weight is 297 g/mol. The molecular weight excluding hydrogens is 266 g/mol. The van der Waals surface area contributed by atoms with Gasteiger partial charge in [0.15, 0.2) is 0 Å². The van der Waals surface area contributed by atoms with E-state index in [2.05, 4.69) is 25.7 Å². The van der Waals surface area contributed by atoms with Gasteiger partial charge in [0.2, 0.25) is 0 Å². The maximum Gasteiger partial charge on any atom is 0.329 e. The lowest BCUT2D eigenvalue weighted by Crippen LogP contribution is -2.45. The Kier molecular flexibility index (Phi) is 5.67. The molecule has 0 aromatic rings. The Balaban J connectivity index is 1.70. The topological polar surface area (TPSA) is 49.8 Å². The Bertz CT molecular complexity index is 334. The predicted octanol–water partition coefficient (Wildman–Crippen LogP) is 3.16. The van der Waals surface area contributed by atoms with Gasteiger partial charge in [-0.05, 0) is 49.9 Å². The van der Waals surface area contributed by atoms with Gasteiger partial charge in [0.05, 0.1) is 6.10 Å². The number of nitrogens with zero attached hydrogens (tertiary/aromatic N) is 1. The molecule has 2 rings (SSSR count). The summed E-state index contributed by atoms with van der Waals surface area (Å²) >= 11 is 0. The molecule has 122 valence electrons. The molecule has 2 aliphatic rings. The van der Waals surface area contributed by atoms with Gasteiger partial charge in [-0.3, -0.25) is 0 Å². The van der Waals surface area contributed by atoms with Gasteiger partial charge in [-0.15, -0.1) is 0 Å². The summed E-state index contributed by atoms with van der Waals surface area (Å²) in [6, 6.07) is 0.740. The first kappa shape index (κ1) is 16.8. The molecule has 1 aliphatic carbocycles. The van der Waals surface area contributed by atoms with E-state index < -0.39 is 5.97 Å². The van der Waals surface area contributed by atoms with Gasteiger partial charge >= 0.3 is 5.97 Å². The molecule has 1 heterocycles. The van der Waals surface area contributed by atoms with E-state index in [0.29, 0.717) is 5.41 Å². The molecular formula is C17H31NO3. The molecule has 0 amide bonds. The van der Waals surface area contributed by atoms with E-state index in [1.54, 1.807) is 0 Å². The number of carboxylic acid groups (broad SMARTS) is 1. The van der Waals surface area contributed by atoms with Gasteiger partial charge in [-0.1, -0.05) is 20.8 Å². The van der Waals surface area contributed by atoms with Gasteiger partial charge in [-0.25, -0.2) is 4.79 Å². The highest BCUT2D eigenvalue weighted by molar-refractivity contribution is 5.68. The Hall–Kier alpha value is -0.610. The van der Waals surface area contributed by atoms with Crippen LogP contribution in [-0.4, -0.2) is 47.8 Å². The van der Waals surface area contributed by atoms with Crippen molar-refractivity contribution >= 4 is 5.97 Å². The fourth-order valence-electron chi connectivity index (χ4n) is 3.90. The van der Waals surface area contributed by atoms with Crippen LogP contribution >= 0.6 is 0 Å². The highest BCUT2D eigenvalue weighted by Crippen LogP contribution is 2.39. The van der Waals surface area contributed by atoms with Crippen LogP contribution in [0.3, 0.4) is 0 Å². The number of aliphatic carboxylic acids is 1. The summed E-state index contributed by atoms with van der Waals surface area (Å²) in [5, 5.41) is 8.66. The average Bonchev–Trinajstić information content (AvgIpc) is 2.45. The van der Waals surface area contributed by atoms with Crippen LogP contribution in [0.1, 0.15) is 59.3 Å². The summed E-state index contributed by atoms with van der Waals surface area (Å²) in [5.41, 5.74) is 0.447. The van der Waals surface area contributed by atoms with E-state index in [1.807, 2.05) is 0 Å². The molecule has 4 nitrogen and oxygen atoms in total. The largest absolute Gasteiger partial charge is 0.480 e.